The van der Waals surface area contributed by atoms with Crippen molar-refractivity contribution in [3.63, 3.8) is 0 Å². The maximum absolute atomic E-state index is 13.3. The number of methoxy groups -OCH3 is 1. The molecule has 2 aromatic rings. The van der Waals surface area contributed by atoms with Crippen molar-refractivity contribution in [1.82, 2.24) is 8.87 Å². The lowest BCUT2D eigenvalue weighted by molar-refractivity contribution is 0.186. The van der Waals surface area contributed by atoms with E-state index in [-0.39, 0.29) is 22.3 Å². The van der Waals surface area contributed by atoms with E-state index >= 15 is 0 Å². The summed E-state index contributed by atoms with van der Waals surface area (Å²) in [6.07, 6.45) is 0.908. The third kappa shape index (κ3) is 2.90. The maximum Gasteiger partial charge on any atom is 0.250 e. The van der Waals surface area contributed by atoms with Crippen molar-refractivity contribution in [2.75, 3.05) is 20.2 Å². The molecule has 0 amide bonds. The highest BCUT2D eigenvalue weighted by molar-refractivity contribution is 9.10. The third-order valence-corrected chi connectivity index (χ3v) is 7.54. The first-order valence-electron chi connectivity index (χ1n) is 8.43. The Bertz CT molecular complexity index is 1020. The van der Waals surface area contributed by atoms with E-state index in [1.165, 1.54) is 11.4 Å². The van der Waals surface area contributed by atoms with Crippen LogP contribution in [0.25, 0.3) is 0 Å². The largest absolute Gasteiger partial charge is 0.495 e. The van der Waals surface area contributed by atoms with Gasteiger partial charge in [-0.05, 0) is 36.6 Å². The van der Waals surface area contributed by atoms with Gasteiger partial charge in [-0.2, -0.15) is 4.31 Å². The molecule has 2 atom stereocenters. The Labute approximate surface area is 160 Å². The molecule has 2 unspecified atom stereocenters. The summed E-state index contributed by atoms with van der Waals surface area (Å²) in [4.78, 5) is 12.3. The summed E-state index contributed by atoms with van der Waals surface area (Å²) in [6.45, 7) is 1.35. The van der Waals surface area contributed by atoms with Crippen LogP contribution in [0.3, 0.4) is 0 Å². The number of piperidine rings is 1. The van der Waals surface area contributed by atoms with Gasteiger partial charge in [-0.3, -0.25) is 4.79 Å². The fraction of sp³-hybridized carbons (Fsp3) is 0.389. The summed E-state index contributed by atoms with van der Waals surface area (Å²) in [5, 5.41) is 0. The van der Waals surface area contributed by atoms with E-state index in [1.54, 1.807) is 34.9 Å². The quantitative estimate of drug-likeness (QED) is 0.737. The first kappa shape index (κ1) is 17.8. The minimum absolute atomic E-state index is 0.0119. The maximum atomic E-state index is 13.3. The van der Waals surface area contributed by atoms with Crippen LogP contribution in [-0.2, 0) is 16.6 Å². The normalized spacial score (nSPS) is 22.7. The number of ether oxygens (including phenoxy) is 1. The molecule has 2 aliphatic heterocycles. The second-order valence-electron chi connectivity index (χ2n) is 6.82. The van der Waals surface area contributed by atoms with Gasteiger partial charge in [0.25, 0.3) is 5.56 Å². The Balaban J connectivity index is 1.73. The fourth-order valence-corrected chi connectivity index (χ4v) is 6.30. The van der Waals surface area contributed by atoms with Crippen LogP contribution in [0.15, 0.2) is 50.6 Å². The van der Waals surface area contributed by atoms with Crippen molar-refractivity contribution >= 4 is 26.0 Å². The second kappa shape index (κ2) is 6.51. The van der Waals surface area contributed by atoms with E-state index in [4.69, 9.17) is 4.74 Å². The fourth-order valence-electron chi connectivity index (χ4n) is 4.04. The Morgan fingerprint density at radius 3 is 2.73 bits per heavy atom. The van der Waals surface area contributed by atoms with Crippen LogP contribution >= 0.6 is 15.9 Å². The van der Waals surface area contributed by atoms with Crippen molar-refractivity contribution in [3.8, 4) is 5.75 Å². The topological polar surface area (TPSA) is 68.6 Å². The molecule has 1 saturated heterocycles. The van der Waals surface area contributed by atoms with Crippen molar-refractivity contribution in [2.45, 2.75) is 23.8 Å². The van der Waals surface area contributed by atoms with Gasteiger partial charge in [0.15, 0.2) is 0 Å². The summed E-state index contributed by atoms with van der Waals surface area (Å²) in [5.41, 5.74) is 0.914. The molecule has 138 valence electrons. The number of halogens is 1. The molecule has 1 fully saturated rings. The van der Waals surface area contributed by atoms with Gasteiger partial charge in [0.1, 0.15) is 10.6 Å². The highest BCUT2D eigenvalue weighted by Crippen LogP contribution is 2.38. The number of hydrogen-bond acceptors (Lipinski definition) is 4. The van der Waals surface area contributed by atoms with Gasteiger partial charge in [0, 0.05) is 41.8 Å². The number of aromatic nitrogens is 1. The molecule has 8 heteroatoms. The number of rotatable bonds is 3. The molecule has 1 aromatic carbocycles. The predicted molar refractivity (Wildman–Crippen MR) is 101 cm³/mol. The molecule has 6 nitrogen and oxygen atoms in total. The molecular formula is C18H19BrN2O4S. The van der Waals surface area contributed by atoms with Crippen LogP contribution in [-0.4, -0.2) is 37.5 Å². The van der Waals surface area contributed by atoms with E-state index in [0.717, 1.165) is 12.1 Å². The van der Waals surface area contributed by atoms with Gasteiger partial charge in [0.05, 0.1) is 7.11 Å². The number of sulfonamides is 1. The van der Waals surface area contributed by atoms with Crippen LogP contribution in [0.1, 0.15) is 18.0 Å². The van der Waals surface area contributed by atoms with E-state index < -0.39 is 10.0 Å². The van der Waals surface area contributed by atoms with Gasteiger partial charge in [-0.25, -0.2) is 8.42 Å². The molecule has 26 heavy (non-hydrogen) atoms. The molecule has 0 saturated carbocycles. The minimum Gasteiger partial charge on any atom is -0.495 e. The molecular weight excluding hydrogens is 420 g/mol. The van der Waals surface area contributed by atoms with Crippen molar-refractivity contribution in [1.29, 1.82) is 0 Å². The van der Waals surface area contributed by atoms with Crippen molar-refractivity contribution in [2.24, 2.45) is 5.92 Å². The van der Waals surface area contributed by atoms with E-state index in [2.05, 4.69) is 15.9 Å². The monoisotopic (exact) mass is 438 g/mol. The van der Waals surface area contributed by atoms with Crippen LogP contribution < -0.4 is 10.3 Å². The molecule has 0 radical (unpaired) electrons. The predicted octanol–water partition coefficient (Wildman–Crippen LogP) is 2.43. The number of nitrogens with zero attached hydrogens (tertiary/aromatic N) is 2. The Hall–Kier alpha value is -1.64. The molecule has 0 spiro atoms. The van der Waals surface area contributed by atoms with Gasteiger partial charge >= 0.3 is 0 Å². The zero-order valence-electron chi connectivity index (χ0n) is 14.3. The molecule has 0 N–H and O–H groups in total. The lowest BCUT2D eigenvalue weighted by Gasteiger charge is -2.42. The Morgan fingerprint density at radius 2 is 1.96 bits per heavy atom. The summed E-state index contributed by atoms with van der Waals surface area (Å²) in [7, 11) is -2.22. The molecule has 1 aromatic heterocycles. The Morgan fingerprint density at radius 1 is 1.15 bits per heavy atom. The van der Waals surface area contributed by atoms with E-state index in [0.29, 0.717) is 29.9 Å². The lowest BCUT2D eigenvalue weighted by atomic mass is 9.84. The van der Waals surface area contributed by atoms with Gasteiger partial charge in [-0.1, -0.05) is 22.0 Å². The zero-order chi connectivity index (χ0) is 18.5. The van der Waals surface area contributed by atoms with Crippen molar-refractivity contribution < 1.29 is 13.2 Å². The van der Waals surface area contributed by atoms with Crippen LogP contribution in [0, 0.1) is 5.92 Å². The molecule has 4 rings (SSSR count). The number of hydrogen-bond donors (Lipinski definition) is 0. The van der Waals surface area contributed by atoms with Crippen LogP contribution in [0.5, 0.6) is 5.75 Å². The second-order valence-corrected chi connectivity index (χ2v) is 9.64. The zero-order valence-corrected chi connectivity index (χ0v) is 16.7. The number of fused-ring (bicyclic) bond motifs is 4. The number of pyridine rings is 1. The first-order chi connectivity index (χ1) is 12.4. The van der Waals surface area contributed by atoms with Gasteiger partial charge in [0.2, 0.25) is 10.0 Å². The first-order valence-corrected chi connectivity index (χ1v) is 10.7. The minimum atomic E-state index is -3.69. The highest BCUT2D eigenvalue weighted by atomic mass is 79.9. The van der Waals surface area contributed by atoms with E-state index in [1.807, 2.05) is 6.07 Å². The Kier molecular flexibility index (Phi) is 4.45. The number of benzene rings is 1. The van der Waals surface area contributed by atoms with Gasteiger partial charge in [-0.15, -0.1) is 0 Å². The molecule has 2 aliphatic rings. The highest BCUT2D eigenvalue weighted by Gasteiger charge is 2.40. The average molecular weight is 439 g/mol. The lowest BCUT2D eigenvalue weighted by Crippen LogP contribution is -2.49. The summed E-state index contributed by atoms with van der Waals surface area (Å²) in [5.74, 6) is 0.499. The van der Waals surface area contributed by atoms with Crippen LogP contribution in [0.4, 0.5) is 0 Å². The summed E-state index contributed by atoms with van der Waals surface area (Å²) < 4.78 is 35.9. The standard InChI is InChI=1S/C18H19BrN2O4S/c1-25-16-6-5-14(19)8-17(16)26(23,24)20-9-12-7-13(11-20)15-3-2-4-18(22)21(15)10-12/h2-6,8,12-13H,7,9-11H2,1H3. The van der Waals surface area contributed by atoms with E-state index in [9.17, 15) is 13.2 Å². The van der Waals surface area contributed by atoms with Crippen molar-refractivity contribution in [3.05, 3.63) is 56.9 Å². The summed E-state index contributed by atoms with van der Waals surface area (Å²) in [6, 6.07) is 10.2. The third-order valence-electron chi connectivity index (χ3n) is 5.19. The summed E-state index contributed by atoms with van der Waals surface area (Å²) >= 11 is 3.34. The molecule has 3 heterocycles. The SMILES string of the molecule is COc1ccc(Br)cc1S(=O)(=O)N1CC2CC(C1)c1cccc(=O)n1C2. The molecule has 0 aliphatic carbocycles. The molecule has 2 bridgehead atoms. The smallest absolute Gasteiger partial charge is 0.250 e. The average Bonchev–Trinajstić information content (AvgIpc) is 2.62. The van der Waals surface area contributed by atoms with Gasteiger partial charge < -0.3 is 9.30 Å². The van der Waals surface area contributed by atoms with Crippen LogP contribution in [0.2, 0.25) is 0 Å².